The molecule has 2 rings (SSSR count). The van der Waals surface area contributed by atoms with Crippen LogP contribution in [-0.4, -0.2) is 27.8 Å². The van der Waals surface area contributed by atoms with Gasteiger partial charge in [0, 0.05) is 5.38 Å². The highest BCUT2D eigenvalue weighted by molar-refractivity contribution is 7.13. The van der Waals surface area contributed by atoms with Crippen LogP contribution in [0.3, 0.4) is 0 Å². The molecule has 80 valence electrons. The van der Waals surface area contributed by atoms with Crippen LogP contribution >= 0.6 is 22.9 Å². The largest absolute Gasteiger partial charge is 0.480 e. The third-order valence-electron chi connectivity index (χ3n) is 2.40. The van der Waals surface area contributed by atoms with Crippen molar-refractivity contribution in [2.24, 2.45) is 0 Å². The number of carbonyl (C=O) groups is 2. The van der Waals surface area contributed by atoms with E-state index in [1.807, 2.05) is 0 Å². The van der Waals surface area contributed by atoms with E-state index in [0.717, 1.165) is 0 Å². The Morgan fingerprint density at radius 1 is 1.87 bits per heavy atom. The molecular formula is C8H7ClN2O3S. The molecule has 2 unspecified atom stereocenters. The second-order valence-corrected chi connectivity index (χ2v) is 4.63. The number of carbonyl (C=O) groups excluding carboxylic acids is 1. The van der Waals surface area contributed by atoms with Crippen LogP contribution in [0.1, 0.15) is 12.1 Å². The lowest BCUT2D eigenvalue weighted by Crippen LogP contribution is -2.23. The molecule has 2 atom stereocenters. The van der Waals surface area contributed by atoms with Crippen molar-refractivity contribution < 1.29 is 14.7 Å². The third-order valence-corrected chi connectivity index (χ3v) is 3.70. The van der Waals surface area contributed by atoms with E-state index < -0.39 is 16.8 Å². The predicted octanol–water partition coefficient (Wildman–Crippen LogP) is 1.04. The van der Waals surface area contributed by atoms with Crippen molar-refractivity contribution in [3.63, 3.8) is 0 Å². The zero-order chi connectivity index (χ0) is 11.1. The van der Waals surface area contributed by atoms with Gasteiger partial charge in [-0.3, -0.25) is 9.59 Å². The first-order chi connectivity index (χ1) is 7.11. The summed E-state index contributed by atoms with van der Waals surface area (Å²) in [5, 5.41) is 13.0. The number of thiazole rings is 1. The van der Waals surface area contributed by atoms with E-state index in [4.69, 9.17) is 16.7 Å². The van der Waals surface area contributed by atoms with Gasteiger partial charge in [0.15, 0.2) is 5.13 Å². The Kier molecular flexibility index (Phi) is 2.40. The second-order valence-electron chi connectivity index (χ2n) is 3.25. The molecule has 0 aromatic carbocycles. The van der Waals surface area contributed by atoms with Crippen molar-refractivity contribution in [2.75, 3.05) is 5.32 Å². The number of nitrogens with zero attached hydrogens (tertiary/aromatic N) is 1. The quantitative estimate of drug-likeness (QED) is 0.615. The summed E-state index contributed by atoms with van der Waals surface area (Å²) >= 11 is 7.00. The van der Waals surface area contributed by atoms with E-state index in [2.05, 4.69) is 10.3 Å². The van der Waals surface area contributed by atoms with Crippen molar-refractivity contribution in [1.82, 2.24) is 4.98 Å². The summed E-state index contributed by atoms with van der Waals surface area (Å²) in [6.45, 7) is 0. The zero-order valence-electron chi connectivity index (χ0n) is 7.44. The zero-order valence-corrected chi connectivity index (χ0v) is 9.01. The van der Waals surface area contributed by atoms with E-state index >= 15 is 0 Å². The fraction of sp³-hybridized carbons (Fsp3) is 0.375. The number of rotatable bonds is 4. The first-order valence-electron chi connectivity index (χ1n) is 4.15. The van der Waals surface area contributed by atoms with Crippen molar-refractivity contribution in [1.29, 1.82) is 0 Å². The molecule has 1 aromatic rings. The molecule has 15 heavy (non-hydrogen) atoms. The average molecular weight is 247 g/mol. The third kappa shape index (κ3) is 1.49. The van der Waals surface area contributed by atoms with Crippen LogP contribution in [0.25, 0.3) is 0 Å². The van der Waals surface area contributed by atoms with Crippen molar-refractivity contribution in [2.45, 2.75) is 17.2 Å². The lowest BCUT2D eigenvalue weighted by molar-refractivity contribution is -0.140. The first kappa shape index (κ1) is 10.4. The molecule has 1 amide bonds. The number of aromatic nitrogens is 1. The van der Waals surface area contributed by atoms with Crippen molar-refractivity contribution in [3.8, 4) is 0 Å². The summed E-state index contributed by atoms with van der Waals surface area (Å²) in [7, 11) is 0. The topological polar surface area (TPSA) is 79.3 Å². The van der Waals surface area contributed by atoms with E-state index in [0.29, 0.717) is 23.7 Å². The van der Waals surface area contributed by atoms with Crippen LogP contribution in [0.5, 0.6) is 0 Å². The Morgan fingerprint density at radius 2 is 2.53 bits per heavy atom. The highest BCUT2D eigenvalue weighted by Gasteiger charge is 2.62. The van der Waals surface area contributed by atoms with Crippen LogP contribution in [0.4, 0.5) is 5.13 Å². The lowest BCUT2D eigenvalue weighted by Gasteiger charge is -2.05. The molecule has 0 spiro atoms. The summed E-state index contributed by atoms with van der Waals surface area (Å²) in [6.07, 6.45) is 0.884. The van der Waals surface area contributed by atoms with E-state index in [-0.39, 0.29) is 0 Å². The number of anilines is 1. The fourth-order valence-electron chi connectivity index (χ4n) is 1.41. The molecule has 0 radical (unpaired) electrons. The highest BCUT2D eigenvalue weighted by atomic mass is 35.5. The number of hydrogen-bond acceptors (Lipinski definition) is 4. The Morgan fingerprint density at radius 3 is 3.00 bits per heavy atom. The molecule has 1 aliphatic rings. The van der Waals surface area contributed by atoms with Gasteiger partial charge in [-0.15, -0.1) is 22.9 Å². The number of nitrogens with one attached hydrogen (secondary N) is 1. The van der Waals surface area contributed by atoms with Gasteiger partial charge in [-0.2, -0.15) is 0 Å². The SMILES string of the molecule is O=CNc1nc(C2(C(=O)O)CC2Cl)cs1. The molecule has 1 saturated carbocycles. The molecule has 1 fully saturated rings. The number of carboxylic acids is 1. The fourth-order valence-corrected chi connectivity index (χ4v) is 2.62. The number of alkyl halides is 1. The summed E-state index contributed by atoms with van der Waals surface area (Å²) in [4.78, 5) is 25.2. The molecule has 7 heteroatoms. The van der Waals surface area contributed by atoms with Crippen LogP contribution < -0.4 is 5.32 Å². The van der Waals surface area contributed by atoms with E-state index in [1.54, 1.807) is 5.38 Å². The van der Waals surface area contributed by atoms with Crippen LogP contribution in [-0.2, 0) is 15.0 Å². The maximum atomic E-state index is 11.1. The van der Waals surface area contributed by atoms with Gasteiger partial charge in [-0.1, -0.05) is 0 Å². The number of amides is 1. The van der Waals surface area contributed by atoms with Gasteiger partial charge < -0.3 is 10.4 Å². The molecule has 2 N–H and O–H groups in total. The normalized spacial score (nSPS) is 28.5. The predicted molar refractivity (Wildman–Crippen MR) is 55.4 cm³/mol. The van der Waals surface area contributed by atoms with Crippen molar-refractivity contribution >= 4 is 40.4 Å². The first-order valence-corrected chi connectivity index (χ1v) is 5.46. The maximum absolute atomic E-state index is 11.1. The maximum Gasteiger partial charge on any atom is 0.317 e. The van der Waals surface area contributed by atoms with Crippen LogP contribution in [0.2, 0.25) is 0 Å². The van der Waals surface area contributed by atoms with Gasteiger partial charge in [0.05, 0.1) is 11.1 Å². The molecule has 1 aromatic heterocycles. The average Bonchev–Trinajstić information content (AvgIpc) is 2.66. The number of halogens is 1. The molecular weight excluding hydrogens is 240 g/mol. The van der Waals surface area contributed by atoms with Gasteiger partial charge in [0.25, 0.3) is 0 Å². The van der Waals surface area contributed by atoms with Gasteiger partial charge in [0.2, 0.25) is 6.41 Å². The van der Waals surface area contributed by atoms with E-state index in [9.17, 15) is 9.59 Å². The lowest BCUT2D eigenvalue weighted by atomic mass is 10.0. The minimum atomic E-state index is -1.05. The molecule has 1 aliphatic carbocycles. The molecule has 0 bridgehead atoms. The summed E-state index contributed by atoms with van der Waals surface area (Å²) < 4.78 is 0. The van der Waals surface area contributed by atoms with Gasteiger partial charge >= 0.3 is 5.97 Å². The summed E-state index contributed by atoms with van der Waals surface area (Å²) in [5.41, 5.74) is -0.634. The minimum Gasteiger partial charge on any atom is -0.480 e. The Hall–Kier alpha value is -1.14. The standard InChI is InChI=1S/C8H7ClN2O3S/c9-4-1-8(4,6(13)14)5-2-15-7(11-5)10-3-12/h2-4H,1H2,(H,13,14)(H,10,11,12). The van der Waals surface area contributed by atoms with Gasteiger partial charge in [0.1, 0.15) is 5.41 Å². The summed E-state index contributed by atoms with van der Waals surface area (Å²) in [6, 6.07) is 0. The number of hydrogen-bond donors (Lipinski definition) is 2. The highest BCUT2D eigenvalue weighted by Crippen LogP contribution is 2.52. The monoisotopic (exact) mass is 246 g/mol. The Bertz CT molecular complexity index is 422. The summed E-state index contributed by atoms with van der Waals surface area (Å²) in [5.74, 6) is -0.967. The molecule has 0 aliphatic heterocycles. The van der Waals surface area contributed by atoms with Crippen LogP contribution in [0.15, 0.2) is 5.38 Å². The smallest absolute Gasteiger partial charge is 0.317 e. The van der Waals surface area contributed by atoms with Gasteiger partial charge in [-0.25, -0.2) is 4.98 Å². The van der Waals surface area contributed by atoms with Crippen LogP contribution in [0, 0.1) is 0 Å². The second kappa shape index (κ2) is 3.46. The van der Waals surface area contributed by atoms with Gasteiger partial charge in [-0.05, 0) is 6.42 Å². The molecule has 5 nitrogen and oxygen atoms in total. The number of carboxylic acid groups (broad SMARTS) is 1. The Labute approximate surface area is 94.1 Å². The minimum absolute atomic E-state index is 0.383. The molecule has 1 heterocycles. The van der Waals surface area contributed by atoms with E-state index in [1.165, 1.54) is 11.3 Å². The van der Waals surface area contributed by atoms with Crippen molar-refractivity contribution in [3.05, 3.63) is 11.1 Å². The molecule has 0 saturated heterocycles. The Balaban J connectivity index is 2.29. The number of aliphatic carboxylic acids is 1.